The van der Waals surface area contributed by atoms with Gasteiger partial charge in [0.2, 0.25) is 0 Å². The lowest BCUT2D eigenvalue weighted by molar-refractivity contribution is -0.122. The lowest BCUT2D eigenvalue weighted by Crippen LogP contribution is -2.30. The van der Waals surface area contributed by atoms with Crippen molar-refractivity contribution in [2.24, 2.45) is 0 Å². The van der Waals surface area contributed by atoms with E-state index in [0.29, 0.717) is 16.5 Å². The summed E-state index contributed by atoms with van der Waals surface area (Å²) in [5.74, 6) is 0.493. The zero-order valence-corrected chi connectivity index (χ0v) is 13.1. The van der Waals surface area contributed by atoms with Gasteiger partial charge >= 0.3 is 0 Å². The number of nitrogens with one attached hydrogen (secondary N) is 1. The molecule has 0 unspecified atom stereocenters. The Kier molecular flexibility index (Phi) is 4.86. The van der Waals surface area contributed by atoms with E-state index < -0.39 is 6.10 Å². The van der Waals surface area contributed by atoms with Crippen molar-refractivity contribution in [2.45, 2.75) is 26.9 Å². The van der Waals surface area contributed by atoms with Gasteiger partial charge in [-0.15, -0.1) is 0 Å². The molecule has 0 aliphatic carbocycles. The number of anilines is 1. The van der Waals surface area contributed by atoms with Crippen LogP contribution < -0.4 is 10.1 Å². The summed E-state index contributed by atoms with van der Waals surface area (Å²) in [5.41, 5.74) is 3.03. The molecular weight excluding hydrogens is 286 g/mol. The Labute approximate surface area is 129 Å². The maximum atomic E-state index is 12.1. The number of ether oxygens (including phenoxy) is 1. The van der Waals surface area contributed by atoms with Crippen LogP contribution in [-0.2, 0) is 4.79 Å². The Morgan fingerprint density at radius 3 is 2.38 bits per heavy atom. The number of carbonyl (C=O) groups is 1. The molecule has 2 rings (SSSR count). The van der Waals surface area contributed by atoms with E-state index in [-0.39, 0.29) is 5.91 Å². The van der Waals surface area contributed by atoms with Crippen LogP contribution in [0.15, 0.2) is 42.5 Å². The quantitative estimate of drug-likeness (QED) is 0.911. The van der Waals surface area contributed by atoms with Crippen LogP contribution in [0, 0.1) is 13.8 Å². The molecule has 1 N–H and O–H groups in total. The number of amides is 1. The fourth-order valence-electron chi connectivity index (χ4n) is 1.82. The first-order valence-corrected chi connectivity index (χ1v) is 7.14. The van der Waals surface area contributed by atoms with E-state index in [4.69, 9.17) is 16.3 Å². The van der Waals surface area contributed by atoms with Gasteiger partial charge < -0.3 is 10.1 Å². The monoisotopic (exact) mass is 303 g/mol. The predicted molar refractivity (Wildman–Crippen MR) is 86.1 cm³/mol. The first kappa shape index (κ1) is 15.4. The first-order chi connectivity index (χ1) is 9.95. The second-order valence-corrected chi connectivity index (χ2v) is 5.44. The van der Waals surface area contributed by atoms with Crippen LogP contribution in [0.4, 0.5) is 5.69 Å². The molecule has 21 heavy (non-hydrogen) atoms. The Balaban J connectivity index is 1.98. The second-order valence-electron chi connectivity index (χ2n) is 5.00. The Hall–Kier alpha value is -2.00. The van der Waals surface area contributed by atoms with Gasteiger partial charge in [0.25, 0.3) is 5.91 Å². The minimum absolute atomic E-state index is 0.199. The van der Waals surface area contributed by atoms with Gasteiger partial charge in [0.15, 0.2) is 6.10 Å². The molecule has 4 heteroatoms. The standard InChI is InChI=1S/C17H18ClNO2/c1-11-4-9-16(10-12(11)2)21-13(3)17(20)19-15-7-5-14(18)6-8-15/h4-10,13H,1-3H3,(H,19,20)/t13-/m1/s1. The highest BCUT2D eigenvalue weighted by Crippen LogP contribution is 2.18. The van der Waals surface area contributed by atoms with Crippen molar-refractivity contribution in [2.75, 3.05) is 5.32 Å². The zero-order valence-electron chi connectivity index (χ0n) is 12.3. The highest BCUT2D eigenvalue weighted by atomic mass is 35.5. The molecule has 0 aliphatic heterocycles. The summed E-state index contributed by atoms with van der Waals surface area (Å²) in [6, 6.07) is 12.7. The SMILES string of the molecule is Cc1ccc(O[C@H](C)C(=O)Nc2ccc(Cl)cc2)cc1C. The summed E-state index contributed by atoms with van der Waals surface area (Å²) in [6.45, 7) is 5.77. The maximum Gasteiger partial charge on any atom is 0.265 e. The number of carbonyl (C=O) groups excluding carboxylic acids is 1. The molecule has 0 saturated carbocycles. The number of rotatable bonds is 4. The average Bonchev–Trinajstić information content (AvgIpc) is 2.45. The summed E-state index contributed by atoms with van der Waals surface area (Å²) in [7, 11) is 0. The lowest BCUT2D eigenvalue weighted by atomic mass is 10.1. The number of aryl methyl sites for hydroxylation is 2. The number of hydrogen-bond acceptors (Lipinski definition) is 2. The Bertz CT molecular complexity index is 638. The van der Waals surface area contributed by atoms with Crippen molar-refractivity contribution in [3.8, 4) is 5.75 Å². The van der Waals surface area contributed by atoms with Crippen LogP contribution in [0.2, 0.25) is 5.02 Å². The fraction of sp³-hybridized carbons (Fsp3) is 0.235. The molecule has 3 nitrogen and oxygen atoms in total. The summed E-state index contributed by atoms with van der Waals surface area (Å²) in [6.07, 6.45) is -0.581. The average molecular weight is 304 g/mol. The van der Waals surface area contributed by atoms with Crippen molar-refractivity contribution in [1.82, 2.24) is 0 Å². The van der Waals surface area contributed by atoms with Gasteiger partial charge in [0.1, 0.15) is 5.75 Å². The molecule has 0 aromatic heterocycles. The third kappa shape index (κ3) is 4.23. The van der Waals surface area contributed by atoms with Gasteiger partial charge in [-0.1, -0.05) is 17.7 Å². The number of hydrogen-bond donors (Lipinski definition) is 1. The smallest absolute Gasteiger partial charge is 0.265 e. The Morgan fingerprint density at radius 1 is 1.10 bits per heavy atom. The Morgan fingerprint density at radius 2 is 1.76 bits per heavy atom. The summed E-state index contributed by atoms with van der Waals surface area (Å²) in [5, 5.41) is 3.42. The van der Waals surface area contributed by atoms with Crippen molar-refractivity contribution < 1.29 is 9.53 Å². The molecule has 0 radical (unpaired) electrons. The van der Waals surface area contributed by atoms with Crippen LogP contribution >= 0.6 is 11.6 Å². The molecule has 0 spiro atoms. The van der Waals surface area contributed by atoms with E-state index >= 15 is 0 Å². The fourth-order valence-corrected chi connectivity index (χ4v) is 1.95. The molecule has 0 heterocycles. The van der Waals surface area contributed by atoms with E-state index in [9.17, 15) is 4.79 Å². The molecule has 0 fully saturated rings. The molecule has 2 aromatic rings. The van der Waals surface area contributed by atoms with Gasteiger partial charge in [-0.05, 0) is 68.3 Å². The second kappa shape index (κ2) is 6.64. The van der Waals surface area contributed by atoms with Gasteiger partial charge in [-0.2, -0.15) is 0 Å². The molecule has 0 aliphatic rings. The molecule has 2 aromatic carbocycles. The third-order valence-corrected chi connectivity index (χ3v) is 3.52. The third-order valence-electron chi connectivity index (χ3n) is 3.27. The number of benzene rings is 2. The largest absolute Gasteiger partial charge is 0.481 e. The van der Waals surface area contributed by atoms with Crippen LogP contribution in [0.5, 0.6) is 5.75 Å². The van der Waals surface area contributed by atoms with Crippen molar-refractivity contribution >= 4 is 23.2 Å². The summed E-state index contributed by atoms with van der Waals surface area (Å²) in [4.78, 5) is 12.1. The normalized spacial score (nSPS) is 11.8. The topological polar surface area (TPSA) is 38.3 Å². The van der Waals surface area contributed by atoms with E-state index in [2.05, 4.69) is 5.32 Å². The van der Waals surface area contributed by atoms with Gasteiger partial charge in [0, 0.05) is 10.7 Å². The van der Waals surface area contributed by atoms with Crippen molar-refractivity contribution in [3.05, 3.63) is 58.6 Å². The van der Waals surface area contributed by atoms with E-state index in [1.807, 2.05) is 32.0 Å². The minimum atomic E-state index is -0.581. The molecular formula is C17H18ClNO2. The van der Waals surface area contributed by atoms with E-state index in [0.717, 1.165) is 5.56 Å². The van der Waals surface area contributed by atoms with Crippen LogP contribution in [0.1, 0.15) is 18.1 Å². The van der Waals surface area contributed by atoms with Crippen molar-refractivity contribution in [3.63, 3.8) is 0 Å². The predicted octanol–water partition coefficient (Wildman–Crippen LogP) is 4.36. The lowest BCUT2D eigenvalue weighted by Gasteiger charge is -2.15. The van der Waals surface area contributed by atoms with Gasteiger partial charge in [0.05, 0.1) is 0 Å². The summed E-state index contributed by atoms with van der Waals surface area (Å²) < 4.78 is 5.67. The highest BCUT2D eigenvalue weighted by Gasteiger charge is 2.15. The maximum absolute atomic E-state index is 12.1. The van der Waals surface area contributed by atoms with E-state index in [1.54, 1.807) is 31.2 Å². The molecule has 0 saturated heterocycles. The van der Waals surface area contributed by atoms with Crippen LogP contribution in [0.25, 0.3) is 0 Å². The highest BCUT2D eigenvalue weighted by molar-refractivity contribution is 6.30. The minimum Gasteiger partial charge on any atom is -0.481 e. The van der Waals surface area contributed by atoms with Gasteiger partial charge in [-0.25, -0.2) is 0 Å². The van der Waals surface area contributed by atoms with Crippen LogP contribution in [0.3, 0.4) is 0 Å². The number of halogens is 1. The van der Waals surface area contributed by atoms with Crippen LogP contribution in [-0.4, -0.2) is 12.0 Å². The van der Waals surface area contributed by atoms with Crippen molar-refractivity contribution in [1.29, 1.82) is 0 Å². The molecule has 0 bridgehead atoms. The van der Waals surface area contributed by atoms with E-state index in [1.165, 1.54) is 5.56 Å². The van der Waals surface area contributed by atoms with Gasteiger partial charge in [-0.3, -0.25) is 4.79 Å². The molecule has 110 valence electrons. The molecule has 1 amide bonds. The summed E-state index contributed by atoms with van der Waals surface area (Å²) >= 11 is 5.81. The molecule has 1 atom stereocenters. The zero-order chi connectivity index (χ0) is 15.4. The first-order valence-electron chi connectivity index (χ1n) is 6.76.